The fourth-order valence-corrected chi connectivity index (χ4v) is 1.86. The van der Waals surface area contributed by atoms with Crippen LogP contribution in [0.15, 0.2) is 0 Å². The molecule has 1 rings (SSSR count). The van der Waals surface area contributed by atoms with Crippen molar-refractivity contribution in [2.24, 2.45) is 5.92 Å². The summed E-state index contributed by atoms with van der Waals surface area (Å²) >= 11 is 0. The standard InChI is InChI=1S/C11H20N2O5/c1-11(2,17)6-13(3)10(16)12-8-5-18-4-7(8)9(14)15/h7-8,17H,4-6H2,1-3H3,(H,12,16)(H,14,15). The van der Waals surface area contributed by atoms with Crippen LogP contribution in [0.4, 0.5) is 4.79 Å². The Labute approximate surface area is 106 Å². The minimum absolute atomic E-state index is 0.107. The average molecular weight is 260 g/mol. The van der Waals surface area contributed by atoms with E-state index in [4.69, 9.17) is 9.84 Å². The van der Waals surface area contributed by atoms with Gasteiger partial charge in [-0.25, -0.2) is 4.79 Å². The summed E-state index contributed by atoms with van der Waals surface area (Å²) in [7, 11) is 1.54. The van der Waals surface area contributed by atoms with Crippen molar-refractivity contribution in [3.8, 4) is 0 Å². The summed E-state index contributed by atoms with van der Waals surface area (Å²) in [5.74, 6) is -1.70. The van der Waals surface area contributed by atoms with E-state index >= 15 is 0 Å². The molecule has 0 radical (unpaired) electrons. The van der Waals surface area contributed by atoms with Crippen LogP contribution in [0.3, 0.4) is 0 Å². The molecule has 0 saturated carbocycles. The predicted molar refractivity (Wildman–Crippen MR) is 63.2 cm³/mol. The number of nitrogens with zero attached hydrogens (tertiary/aromatic N) is 1. The van der Waals surface area contributed by atoms with Crippen molar-refractivity contribution in [1.29, 1.82) is 0 Å². The van der Waals surface area contributed by atoms with Crippen molar-refractivity contribution in [1.82, 2.24) is 10.2 Å². The molecule has 0 aromatic carbocycles. The van der Waals surface area contributed by atoms with Gasteiger partial charge in [-0.05, 0) is 13.8 Å². The van der Waals surface area contributed by atoms with Crippen LogP contribution in [0, 0.1) is 5.92 Å². The Morgan fingerprint density at radius 1 is 1.44 bits per heavy atom. The van der Waals surface area contributed by atoms with Gasteiger partial charge in [-0.1, -0.05) is 0 Å². The van der Waals surface area contributed by atoms with Gasteiger partial charge >= 0.3 is 12.0 Å². The maximum atomic E-state index is 11.8. The quantitative estimate of drug-likeness (QED) is 0.633. The summed E-state index contributed by atoms with van der Waals surface area (Å²) in [6.45, 7) is 3.64. The second kappa shape index (κ2) is 5.53. The molecular formula is C11H20N2O5. The molecule has 0 aliphatic carbocycles. The van der Waals surface area contributed by atoms with Crippen LogP contribution in [-0.4, -0.2) is 65.6 Å². The van der Waals surface area contributed by atoms with E-state index in [-0.39, 0.29) is 19.8 Å². The summed E-state index contributed by atoms with van der Waals surface area (Å²) in [6.07, 6.45) is 0. The second-order valence-corrected chi connectivity index (χ2v) is 5.21. The van der Waals surface area contributed by atoms with Crippen LogP contribution in [0.25, 0.3) is 0 Å². The second-order valence-electron chi connectivity index (χ2n) is 5.21. The van der Waals surface area contributed by atoms with Crippen molar-refractivity contribution in [3.05, 3.63) is 0 Å². The number of carboxylic acid groups (broad SMARTS) is 1. The minimum Gasteiger partial charge on any atom is -0.481 e. The molecule has 7 heteroatoms. The summed E-state index contributed by atoms with van der Waals surface area (Å²) in [6, 6.07) is -0.946. The number of amides is 2. The predicted octanol–water partition coefficient (Wildman–Crippen LogP) is -0.502. The molecule has 104 valence electrons. The highest BCUT2D eigenvalue weighted by Crippen LogP contribution is 2.14. The highest BCUT2D eigenvalue weighted by Gasteiger charge is 2.35. The van der Waals surface area contributed by atoms with E-state index in [2.05, 4.69) is 5.32 Å². The number of urea groups is 1. The monoisotopic (exact) mass is 260 g/mol. The Kier molecular flexibility index (Phi) is 4.53. The van der Waals surface area contributed by atoms with E-state index in [9.17, 15) is 14.7 Å². The zero-order chi connectivity index (χ0) is 13.9. The number of hydrogen-bond donors (Lipinski definition) is 3. The molecule has 1 heterocycles. The topological polar surface area (TPSA) is 99.1 Å². The van der Waals surface area contributed by atoms with E-state index < -0.39 is 29.6 Å². The molecule has 1 fully saturated rings. The van der Waals surface area contributed by atoms with E-state index in [1.807, 2.05) is 0 Å². The molecule has 3 N–H and O–H groups in total. The fourth-order valence-electron chi connectivity index (χ4n) is 1.86. The number of carbonyl (C=O) groups excluding carboxylic acids is 1. The Balaban J connectivity index is 2.51. The third-order valence-corrected chi connectivity index (χ3v) is 2.68. The highest BCUT2D eigenvalue weighted by molar-refractivity contribution is 5.77. The molecule has 2 amide bonds. The zero-order valence-electron chi connectivity index (χ0n) is 10.8. The lowest BCUT2D eigenvalue weighted by molar-refractivity contribution is -0.142. The first kappa shape index (κ1) is 14.7. The molecule has 0 spiro atoms. The molecule has 1 saturated heterocycles. The summed E-state index contributed by atoms with van der Waals surface area (Å²) < 4.78 is 5.05. The molecule has 0 aromatic heterocycles. The first-order valence-corrected chi connectivity index (χ1v) is 5.75. The summed E-state index contributed by atoms with van der Waals surface area (Å²) in [5.41, 5.74) is -0.996. The summed E-state index contributed by atoms with van der Waals surface area (Å²) in [4.78, 5) is 24.0. The number of carbonyl (C=O) groups is 2. The zero-order valence-corrected chi connectivity index (χ0v) is 10.8. The van der Waals surface area contributed by atoms with Gasteiger partial charge in [-0.15, -0.1) is 0 Å². The number of nitrogens with one attached hydrogen (secondary N) is 1. The lowest BCUT2D eigenvalue weighted by atomic mass is 10.0. The fraction of sp³-hybridized carbons (Fsp3) is 0.818. The smallest absolute Gasteiger partial charge is 0.317 e. The van der Waals surface area contributed by atoms with Crippen LogP contribution >= 0.6 is 0 Å². The van der Waals surface area contributed by atoms with Gasteiger partial charge in [0.2, 0.25) is 0 Å². The summed E-state index contributed by atoms with van der Waals surface area (Å²) in [5, 5.41) is 21.1. The SMILES string of the molecule is CN(CC(C)(C)O)C(=O)NC1COCC1C(=O)O. The molecule has 1 aliphatic heterocycles. The normalized spacial score (nSPS) is 23.8. The van der Waals surface area contributed by atoms with Gasteiger partial charge in [0.1, 0.15) is 5.92 Å². The van der Waals surface area contributed by atoms with Gasteiger partial charge in [0.25, 0.3) is 0 Å². The highest BCUT2D eigenvalue weighted by atomic mass is 16.5. The van der Waals surface area contributed by atoms with Crippen LogP contribution < -0.4 is 5.32 Å². The third-order valence-electron chi connectivity index (χ3n) is 2.68. The van der Waals surface area contributed by atoms with Gasteiger partial charge in [-0.2, -0.15) is 0 Å². The van der Waals surface area contributed by atoms with Crippen LogP contribution in [0.2, 0.25) is 0 Å². The largest absolute Gasteiger partial charge is 0.481 e. The molecular weight excluding hydrogens is 240 g/mol. The Morgan fingerprint density at radius 2 is 2.06 bits per heavy atom. The number of carboxylic acids is 1. The molecule has 2 unspecified atom stereocenters. The third kappa shape index (κ3) is 4.15. The Morgan fingerprint density at radius 3 is 2.56 bits per heavy atom. The molecule has 7 nitrogen and oxygen atoms in total. The minimum atomic E-state index is -0.996. The number of hydrogen-bond acceptors (Lipinski definition) is 4. The Bertz CT molecular complexity index is 326. The van der Waals surface area contributed by atoms with E-state index in [0.717, 1.165) is 0 Å². The van der Waals surface area contributed by atoms with E-state index in [1.165, 1.54) is 4.90 Å². The number of aliphatic carboxylic acids is 1. The molecule has 1 aliphatic rings. The maximum Gasteiger partial charge on any atom is 0.317 e. The number of ether oxygens (including phenoxy) is 1. The molecule has 0 aromatic rings. The van der Waals surface area contributed by atoms with Crippen LogP contribution in [-0.2, 0) is 9.53 Å². The lowest BCUT2D eigenvalue weighted by Crippen LogP contribution is -2.50. The van der Waals surface area contributed by atoms with E-state index in [0.29, 0.717) is 0 Å². The number of rotatable bonds is 4. The van der Waals surface area contributed by atoms with Gasteiger partial charge in [0.05, 0.1) is 31.4 Å². The molecule has 0 bridgehead atoms. The molecule has 2 atom stereocenters. The Hall–Kier alpha value is -1.34. The van der Waals surface area contributed by atoms with Gasteiger partial charge in [0, 0.05) is 7.05 Å². The lowest BCUT2D eigenvalue weighted by Gasteiger charge is -2.27. The van der Waals surface area contributed by atoms with Crippen LogP contribution in [0.1, 0.15) is 13.8 Å². The first-order chi connectivity index (χ1) is 8.20. The van der Waals surface area contributed by atoms with Crippen molar-refractivity contribution in [2.75, 3.05) is 26.8 Å². The number of aliphatic hydroxyl groups is 1. The van der Waals surface area contributed by atoms with Crippen molar-refractivity contribution < 1.29 is 24.5 Å². The van der Waals surface area contributed by atoms with Crippen LogP contribution in [0.5, 0.6) is 0 Å². The number of likely N-dealkylation sites (N-methyl/N-ethyl adjacent to an activating group) is 1. The van der Waals surface area contributed by atoms with Crippen molar-refractivity contribution in [3.63, 3.8) is 0 Å². The van der Waals surface area contributed by atoms with Crippen molar-refractivity contribution >= 4 is 12.0 Å². The first-order valence-electron chi connectivity index (χ1n) is 5.75. The molecule has 18 heavy (non-hydrogen) atoms. The van der Waals surface area contributed by atoms with E-state index in [1.54, 1.807) is 20.9 Å². The van der Waals surface area contributed by atoms with Gasteiger partial charge in [0.15, 0.2) is 0 Å². The van der Waals surface area contributed by atoms with Gasteiger partial charge < -0.3 is 25.2 Å². The average Bonchev–Trinajstić information content (AvgIpc) is 2.62. The maximum absolute atomic E-state index is 11.8. The van der Waals surface area contributed by atoms with Gasteiger partial charge in [-0.3, -0.25) is 4.79 Å². The van der Waals surface area contributed by atoms with Crippen molar-refractivity contribution in [2.45, 2.75) is 25.5 Å².